The Morgan fingerprint density at radius 1 is 0.953 bits per heavy atom. The molecule has 1 aromatic carbocycles. The van der Waals surface area contributed by atoms with Gasteiger partial charge in [0.25, 0.3) is 5.69 Å². The minimum Gasteiger partial charge on any atom is -0.481 e. The van der Waals surface area contributed by atoms with Crippen LogP contribution in [0.1, 0.15) is 105 Å². The predicted octanol–water partition coefficient (Wildman–Crippen LogP) is 8.90. The number of carboxylic acid groups (broad SMARTS) is 1. The molecule has 9 atom stereocenters. The Labute approximate surface area is 256 Å². The molecule has 0 aliphatic heterocycles. The minimum atomic E-state index is -0.627. The molecule has 1 aromatic rings. The van der Waals surface area contributed by atoms with Crippen LogP contribution in [0.5, 0.6) is 0 Å². The maximum absolute atomic E-state index is 14.0. The molecular formula is C37H49NO5. The van der Waals surface area contributed by atoms with Gasteiger partial charge in [-0.2, -0.15) is 0 Å². The molecule has 1 N–H and O–H groups in total. The first-order valence-corrected chi connectivity index (χ1v) is 16.4. The van der Waals surface area contributed by atoms with E-state index in [-0.39, 0.29) is 45.5 Å². The summed E-state index contributed by atoms with van der Waals surface area (Å²) in [5.41, 5.74) is 1.73. The SMILES string of the molecule is C=C(C)[C@@H]1CC[C@]2(C(=O)O)CC[C@]3(C)[C@H](CC[C@@H]4[C@@]5(C)C/C(=C\c6ccc([N+](=O)[O-])cc6)C(=O)C(C)(C)[C@@H]5CC[C@]43C)[C@@H]12. The molecule has 5 fully saturated rings. The van der Waals surface area contributed by atoms with Crippen molar-refractivity contribution >= 4 is 23.5 Å². The van der Waals surface area contributed by atoms with Gasteiger partial charge in [-0.15, -0.1) is 0 Å². The summed E-state index contributed by atoms with van der Waals surface area (Å²) >= 11 is 0. The van der Waals surface area contributed by atoms with E-state index in [2.05, 4.69) is 48.1 Å². The maximum Gasteiger partial charge on any atom is 0.309 e. The maximum atomic E-state index is 14.0. The lowest BCUT2D eigenvalue weighted by molar-refractivity contribution is -0.384. The Kier molecular flexibility index (Phi) is 6.77. The van der Waals surface area contributed by atoms with Crippen molar-refractivity contribution in [3.63, 3.8) is 0 Å². The lowest BCUT2D eigenvalue weighted by atomic mass is 9.32. The molecule has 5 aliphatic carbocycles. The number of benzene rings is 1. The molecule has 0 bridgehead atoms. The van der Waals surface area contributed by atoms with Crippen molar-refractivity contribution in [2.75, 3.05) is 0 Å². The fraction of sp³-hybridized carbons (Fsp3) is 0.676. The monoisotopic (exact) mass is 587 g/mol. The minimum absolute atomic E-state index is 0.0272. The third-order valence-corrected chi connectivity index (χ3v) is 14.5. The number of carbonyl (C=O) groups excluding carboxylic acids is 1. The number of fused-ring (bicyclic) bond motifs is 7. The number of allylic oxidation sites excluding steroid dienone is 2. The van der Waals surface area contributed by atoms with Crippen LogP contribution < -0.4 is 0 Å². The first-order chi connectivity index (χ1) is 20.0. The van der Waals surface area contributed by atoms with Gasteiger partial charge >= 0.3 is 5.97 Å². The molecule has 6 nitrogen and oxygen atoms in total. The highest BCUT2D eigenvalue weighted by Crippen LogP contribution is 2.77. The van der Waals surface area contributed by atoms with E-state index in [4.69, 9.17) is 0 Å². The zero-order valence-corrected chi connectivity index (χ0v) is 26.9. The summed E-state index contributed by atoms with van der Waals surface area (Å²) in [4.78, 5) is 37.8. The average Bonchev–Trinajstić information content (AvgIpc) is 3.34. The number of ketones is 1. The molecule has 5 saturated carbocycles. The summed E-state index contributed by atoms with van der Waals surface area (Å²) in [5, 5.41) is 21.8. The third-order valence-electron chi connectivity index (χ3n) is 14.5. The number of aliphatic carboxylic acids is 1. The molecule has 6 heteroatoms. The zero-order chi connectivity index (χ0) is 31.3. The van der Waals surface area contributed by atoms with Crippen molar-refractivity contribution in [2.45, 2.75) is 99.3 Å². The van der Waals surface area contributed by atoms with E-state index in [9.17, 15) is 24.8 Å². The summed E-state index contributed by atoms with van der Waals surface area (Å²) in [6.07, 6.45) is 10.3. The number of nitro benzene ring substituents is 1. The average molecular weight is 588 g/mol. The van der Waals surface area contributed by atoms with E-state index in [1.54, 1.807) is 12.1 Å². The molecule has 0 heterocycles. The Morgan fingerprint density at radius 3 is 2.23 bits per heavy atom. The van der Waals surface area contributed by atoms with Gasteiger partial charge in [0.05, 0.1) is 10.3 Å². The predicted molar refractivity (Wildman–Crippen MR) is 168 cm³/mol. The molecule has 5 aliphatic rings. The van der Waals surface area contributed by atoms with Crippen molar-refractivity contribution in [3.05, 3.63) is 57.7 Å². The van der Waals surface area contributed by atoms with Gasteiger partial charge < -0.3 is 5.11 Å². The van der Waals surface area contributed by atoms with Crippen LogP contribution in [0.3, 0.4) is 0 Å². The van der Waals surface area contributed by atoms with Crippen molar-refractivity contribution in [3.8, 4) is 0 Å². The molecule has 232 valence electrons. The zero-order valence-electron chi connectivity index (χ0n) is 26.9. The summed E-state index contributed by atoms with van der Waals surface area (Å²) in [7, 11) is 0. The van der Waals surface area contributed by atoms with Crippen LogP contribution in [0.15, 0.2) is 42.0 Å². The van der Waals surface area contributed by atoms with Gasteiger partial charge in [0, 0.05) is 17.5 Å². The number of rotatable bonds is 4. The fourth-order valence-corrected chi connectivity index (χ4v) is 12.4. The van der Waals surface area contributed by atoms with E-state index >= 15 is 0 Å². The number of carbonyl (C=O) groups is 2. The topological polar surface area (TPSA) is 97.5 Å². The van der Waals surface area contributed by atoms with Gasteiger partial charge in [-0.05, 0) is 140 Å². The van der Waals surface area contributed by atoms with E-state index in [1.807, 2.05) is 6.08 Å². The molecule has 0 spiro atoms. The lowest BCUT2D eigenvalue weighted by Crippen LogP contribution is -2.67. The van der Waals surface area contributed by atoms with Crippen molar-refractivity contribution in [1.29, 1.82) is 0 Å². The van der Waals surface area contributed by atoms with Crippen LogP contribution in [0.4, 0.5) is 5.69 Å². The van der Waals surface area contributed by atoms with E-state index in [1.165, 1.54) is 12.1 Å². The quantitative estimate of drug-likeness (QED) is 0.164. The van der Waals surface area contributed by atoms with Crippen LogP contribution >= 0.6 is 0 Å². The number of non-ortho nitro benzene ring substituents is 1. The smallest absolute Gasteiger partial charge is 0.309 e. The molecule has 0 unspecified atom stereocenters. The molecule has 6 rings (SSSR count). The van der Waals surface area contributed by atoms with Gasteiger partial charge in [-0.1, -0.05) is 46.8 Å². The van der Waals surface area contributed by atoms with Crippen molar-refractivity contribution in [1.82, 2.24) is 0 Å². The summed E-state index contributed by atoms with van der Waals surface area (Å²) in [5.74, 6) is 1.08. The first-order valence-electron chi connectivity index (χ1n) is 16.4. The number of hydrogen-bond donors (Lipinski definition) is 1. The van der Waals surface area contributed by atoms with E-state index in [0.717, 1.165) is 74.5 Å². The number of Topliss-reactive ketones (excluding diaryl/α,β-unsaturated/α-hetero) is 1. The Balaban J connectivity index is 1.40. The second-order valence-electron chi connectivity index (χ2n) is 16.4. The first kappa shape index (κ1) is 30.3. The van der Waals surface area contributed by atoms with Crippen LogP contribution in [-0.4, -0.2) is 21.8 Å². The van der Waals surface area contributed by atoms with Gasteiger partial charge in [0.1, 0.15) is 0 Å². The van der Waals surface area contributed by atoms with Gasteiger partial charge in [0.2, 0.25) is 0 Å². The largest absolute Gasteiger partial charge is 0.481 e. The summed E-state index contributed by atoms with van der Waals surface area (Å²) < 4.78 is 0. The van der Waals surface area contributed by atoms with E-state index < -0.39 is 21.7 Å². The Hall–Kier alpha value is -2.76. The molecule has 0 amide bonds. The van der Waals surface area contributed by atoms with Gasteiger partial charge in [-0.3, -0.25) is 19.7 Å². The number of nitrogens with zero attached hydrogens (tertiary/aromatic N) is 1. The van der Waals surface area contributed by atoms with Crippen LogP contribution in [-0.2, 0) is 9.59 Å². The number of hydrogen-bond acceptors (Lipinski definition) is 4. The normalized spacial score (nSPS) is 44.1. The summed E-state index contributed by atoms with van der Waals surface area (Å²) in [6, 6.07) is 6.51. The van der Waals surface area contributed by atoms with Crippen molar-refractivity contribution in [2.24, 2.45) is 56.7 Å². The van der Waals surface area contributed by atoms with Crippen LogP contribution in [0.25, 0.3) is 6.08 Å². The summed E-state index contributed by atoms with van der Waals surface area (Å²) in [6.45, 7) is 18.2. The Morgan fingerprint density at radius 2 is 1.63 bits per heavy atom. The second-order valence-corrected chi connectivity index (χ2v) is 16.4. The van der Waals surface area contributed by atoms with Gasteiger partial charge in [0.15, 0.2) is 5.78 Å². The fourth-order valence-electron chi connectivity index (χ4n) is 12.4. The lowest BCUT2D eigenvalue weighted by Gasteiger charge is -2.72. The van der Waals surface area contributed by atoms with E-state index in [0.29, 0.717) is 11.8 Å². The number of carboxylic acids is 1. The van der Waals surface area contributed by atoms with Crippen LogP contribution in [0.2, 0.25) is 0 Å². The van der Waals surface area contributed by atoms with Gasteiger partial charge in [-0.25, -0.2) is 0 Å². The third kappa shape index (κ3) is 3.96. The number of nitro groups is 1. The highest BCUT2D eigenvalue weighted by atomic mass is 16.6. The highest BCUT2D eigenvalue weighted by molar-refractivity contribution is 6.04. The standard InChI is InChI=1S/C37H49NO5/c1-22(2)26-14-17-37(32(40)41)19-18-35(6)27(30(26)37)12-13-29-34(5)21-24(20-23-8-10-25(11-9-23)38(42)43)31(39)33(3,4)28(34)15-16-36(29,35)7/h8-11,20,26-30H,1,12-19,21H2,2-7H3,(H,40,41)/b24-20+/t26-,27+,28-,29+,30+,34-,35+,36+,37-/m0/s1. The molecular weight excluding hydrogens is 538 g/mol. The van der Waals surface area contributed by atoms with Crippen LogP contribution in [0, 0.1) is 66.8 Å². The highest BCUT2D eigenvalue weighted by Gasteiger charge is 2.72. The van der Waals surface area contributed by atoms with Crippen molar-refractivity contribution < 1.29 is 19.6 Å². The second kappa shape index (κ2) is 9.62. The molecule has 0 aromatic heterocycles. The Bertz CT molecular complexity index is 1420. The molecule has 43 heavy (non-hydrogen) atoms. The molecule has 0 radical (unpaired) electrons. The molecule has 0 saturated heterocycles.